The Labute approximate surface area is 43.0 Å². The van der Waals surface area contributed by atoms with E-state index in [1.54, 1.807) is 0 Å². The zero-order valence-electron chi connectivity index (χ0n) is 4.09. The first-order valence-electron chi connectivity index (χ1n) is 2.12. The van der Waals surface area contributed by atoms with Crippen LogP contribution in [-0.4, -0.2) is 29.6 Å². The van der Waals surface area contributed by atoms with E-state index < -0.39 is 6.23 Å². The van der Waals surface area contributed by atoms with Gasteiger partial charge in [-0.3, -0.25) is 5.32 Å². The smallest absolute Gasteiger partial charge is 0.128 e. The molecule has 0 aliphatic rings. The molecule has 0 aliphatic carbocycles. The highest BCUT2D eigenvalue weighted by Crippen LogP contribution is 1.67. The summed E-state index contributed by atoms with van der Waals surface area (Å²) in [5.74, 6) is 0. The van der Waals surface area contributed by atoms with Crippen LogP contribution in [0.5, 0.6) is 0 Å². The molecule has 0 spiro atoms. The van der Waals surface area contributed by atoms with E-state index in [0.29, 0.717) is 6.54 Å². The first-order chi connectivity index (χ1) is 3.31. The normalized spacial score (nSPS) is 14.1. The summed E-state index contributed by atoms with van der Waals surface area (Å²) in [6, 6.07) is 0. The third-order valence-electron chi connectivity index (χ3n) is 0.553. The van der Waals surface area contributed by atoms with Gasteiger partial charge in [-0.25, -0.2) is 0 Å². The molecule has 0 rings (SSSR count). The second-order valence-electron chi connectivity index (χ2n) is 1.15. The summed E-state index contributed by atoms with van der Waals surface area (Å²) in [5, 5.41) is 19.1. The van der Waals surface area contributed by atoms with Crippen LogP contribution in [0.4, 0.5) is 0 Å². The van der Waals surface area contributed by atoms with Crippen LogP contribution in [0.25, 0.3) is 0 Å². The van der Waals surface area contributed by atoms with E-state index in [4.69, 9.17) is 10.2 Å². The zero-order chi connectivity index (χ0) is 5.70. The Balaban J connectivity index is 2.83. The summed E-state index contributed by atoms with van der Waals surface area (Å²) in [6.45, 7) is 3.57. The molecule has 1 radical (unpaired) electrons. The highest BCUT2D eigenvalue weighted by Gasteiger charge is 1.93. The average Bonchev–Trinajstić information content (AvgIpc) is 1.68. The summed E-state index contributed by atoms with van der Waals surface area (Å²) in [6.07, 6.45) is -0.808. The van der Waals surface area contributed by atoms with E-state index in [2.05, 4.69) is 12.2 Å². The highest BCUT2D eigenvalue weighted by atomic mass is 16.3. The van der Waals surface area contributed by atoms with Crippen LogP contribution in [0.2, 0.25) is 0 Å². The lowest BCUT2D eigenvalue weighted by molar-refractivity contribution is 0.0710. The monoisotopic (exact) mass is 104 g/mol. The molecule has 0 saturated heterocycles. The predicted octanol–water partition coefficient (Wildman–Crippen LogP) is -1.28. The molecule has 0 amide bonds. The Bertz CT molecular complexity index is 40.7. The van der Waals surface area contributed by atoms with Crippen molar-refractivity contribution >= 4 is 0 Å². The summed E-state index contributed by atoms with van der Waals surface area (Å²) in [5.41, 5.74) is 0. The number of aliphatic hydroxyl groups is 2. The molecule has 0 aliphatic heterocycles. The molecule has 43 valence electrons. The summed E-state index contributed by atoms with van der Waals surface area (Å²) in [4.78, 5) is 0. The molecular formula is C4H10NO2. The Hall–Kier alpha value is -0.120. The third kappa shape index (κ3) is 3.72. The van der Waals surface area contributed by atoms with Crippen molar-refractivity contribution in [2.24, 2.45) is 0 Å². The van der Waals surface area contributed by atoms with Gasteiger partial charge in [-0.15, -0.1) is 0 Å². The molecule has 0 bridgehead atoms. The van der Waals surface area contributed by atoms with Crippen LogP contribution < -0.4 is 5.32 Å². The highest BCUT2D eigenvalue weighted by molar-refractivity contribution is 4.49. The van der Waals surface area contributed by atoms with E-state index in [-0.39, 0.29) is 6.61 Å². The number of hydrogen-bond acceptors (Lipinski definition) is 3. The van der Waals surface area contributed by atoms with Gasteiger partial charge in [0, 0.05) is 0 Å². The number of aliphatic hydroxyl groups excluding tert-OH is 2. The van der Waals surface area contributed by atoms with Gasteiger partial charge in [0.2, 0.25) is 0 Å². The fourth-order valence-corrected chi connectivity index (χ4v) is 0.231. The summed E-state index contributed by atoms with van der Waals surface area (Å²) < 4.78 is 0. The van der Waals surface area contributed by atoms with Crippen molar-refractivity contribution in [3.05, 3.63) is 6.92 Å². The average molecular weight is 104 g/mol. The Morgan fingerprint density at radius 2 is 2.29 bits per heavy atom. The van der Waals surface area contributed by atoms with E-state index in [1.165, 1.54) is 0 Å². The first kappa shape index (κ1) is 6.88. The molecule has 0 fully saturated rings. The molecule has 1 unspecified atom stereocenters. The second kappa shape index (κ2) is 4.05. The van der Waals surface area contributed by atoms with E-state index in [0.717, 1.165) is 0 Å². The van der Waals surface area contributed by atoms with Crippen molar-refractivity contribution in [2.45, 2.75) is 6.23 Å². The third-order valence-corrected chi connectivity index (χ3v) is 0.553. The molecule has 0 aromatic carbocycles. The van der Waals surface area contributed by atoms with Gasteiger partial charge in [-0.1, -0.05) is 0 Å². The van der Waals surface area contributed by atoms with Crippen molar-refractivity contribution < 1.29 is 10.2 Å². The maximum Gasteiger partial charge on any atom is 0.128 e. The fraction of sp³-hybridized carbons (Fsp3) is 0.750. The SMILES string of the molecule is [CH2]CNC(O)CO. The van der Waals surface area contributed by atoms with E-state index in [9.17, 15) is 0 Å². The maximum atomic E-state index is 8.46. The minimum absolute atomic E-state index is 0.254. The van der Waals surface area contributed by atoms with Gasteiger partial charge in [0.05, 0.1) is 6.61 Å². The molecule has 7 heavy (non-hydrogen) atoms. The number of nitrogens with one attached hydrogen (secondary N) is 1. The van der Waals surface area contributed by atoms with Gasteiger partial charge in [-0.2, -0.15) is 0 Å². The summed E-state index contributed by atoms with van der Waals surface area (Å²) in [7, 11) is 0. The second-order valence-corrected chi connectivity index (χ2v) is 1.15. The first-order valence-corrected chi connectivity index (χ1v) is 2.12. The van der Waals surface area contributed by atoms with Crippen molar-refractivity contribution in [3.8, 4) is 0 Å². The van der Waals surface area contributed by atoms with Crippen LogP contribution in [-0.2, 0) is 0 Å². The van der Waals surface area contributed by atoms with Gasteiger partial charge in [-0.05, 0) is 13.5 Å². The van der Waals surface area contributed by atoms with Gasteiger partial charge in [0.15, 0.2) is 0 Å². The maximum absolute atomic E-state index is 8.46. The predicted molar refractivity (Wildman–Crippen MR) is 26.5 cm³/mol. The molecule has 0 saturated carbocycles. The summed E-state index contributed by atoms with van der Waals surface area (Å²) >= 11 is 0. The van der Waals surface area contributed by atoms with Gasteiger partial charge < -0.3 is 10.2 Å². The number of hydrogen-bond donors (Lipinski definition) is 3. The molecule has 3 nitrogen and oxygen atoms in total. The molecule has 0 aromatic rings. The Kier molecular flexibility index (Phi) is 3.98. The molecule has 0 aromatic heterocycles. The molecule has 0 heterocycles. The van der Waals surface area contributed by atoms with Gasteiger partial charge >= 0.3 is 0 Å². The van der Waals surface area contributed by atoms with E-state index >= 15 is 0 Å². The Morgan fingerprint density at radius 1 is 1.71 bits per heavy atom. The van der Waals surface area contributed by atoms with Crippen LogP contribution >= 0.6 is 0 Å². The standard InChI is InChI=1S/C4H10NO2/c1-2-5-4(7)3-6/h4-7H,1-3H2. The Morgan fingerprint density at radius 3 is 2.43 bits per heavy atom. The largest absolute Gasteiger partial charge is 0.392 e. The van der Waals surface area contributed by atoms with Gasteiger partial charge in [0.25, 0.3) is 0 Å². The van der Waals surface area contributed by atoms with Crippen LogP contribution in [0.1, 0.15) is 0 Å². The van der Waals surface area contributed by atoms with Crippen LogP contribution in [0.3, 0.4) is 0 Å². The lowest BCUT2D eigenvalue weighted by Gasteiger charge is -2.04. The van der Waals surface area contributed by atoms with Crippen LogP contribution in [0, 0.1) is 6.92 Å². The molecular weight excluding hydrogens is 94.0 g/mol. The van der Waals surface area contributed by atoms with Crippen LogP contribution in [0.15, 0.2) is 0 Å². The van der Waals surface area contributed by atoms with Gasteiger partial charge in [0.1, 0.15) is 6.23 Å². The molecule has 1 atom stereocenters. The van der Waals surface area contributed by atoms with E-state index in [1.807, 2.05) is 0 Å². The van der Waals surface area contributed by atoms with Crippen molar-refractivity contribution in [1.29, 1.82) is 0 Å². The fourth-order valence-electron chi connectivity index (χ4n) is 0.231. The minimum Gasteiger partial charge on any atom is -0.392 e. The molecule has 3 N–H and O–H groups in total. The number of rotatable bonds is 3. The molecule has 3 heteroatoms. The van der Waals surface area contributed by atoms with Crippen molar-refractivity contribution in [1.82, 2.24) is 5.32 Å². The van der Waals surface area contributed by atoms with Crippen molar-refractivity contribution in [3.63, 3.8) is 0 Å². The van der Waals surface area contributed by atoms with Crippen molar-refractivity contribution in [2.75, 3.05) is 13.2 Å². The lowest BCUT2D eigenvalue weighted by atomic mass is 10.6. The zero-order valence-corrected chi connectivity index (χ0v) is 4.09. The minimum atomic E-state index is -0.808. The quantitative estimate of drug-likeness (QED) is 0.391. The topological polar surface area (TPSA) is 52.5 Å². The lowest BCUT2D eigenvalue weighted by Crippen LogP contribution is -2.31.